The van der Waals surface area contributed by atoms with Crippen molar-refractivity contribution in [1.29, 1.82) is 0 Å². The van der Waals surface area contributed by atoms with Gasteiger partial charge in [-0.2, -0.15) is 0 Å². The molecule has 2 heterocycles. The highest BCUT2D eigenvalue weighted by Crippen LogP contribution is 2.20. The van der Waals surface area contributed by atoms with Crippen molar-refractivity contribution in [2.75, 3.05) is 10.6 Å². The number of amides is 1. The number of nitrogens with one attached hydrogen (secondary N) is 2. The monoisotopic (exact) mass is 374 g/mol. The van der Waals surface area contributed by atoms with E-state index in [4.69, 9.17) is 0 Å². The number of pyridine rings is 1. The van der Waals surface area contributed by atoms with Crippen molar-refractivity contribution in [3.8, 4) is 0 Å². The second-order valence-corrected chi connectivity index (χ2v) is 6.11. The van der Waals surface area contributed by atoms with E-state index in [1.54, 1.807) is 11.6 Å². The number of carbonyl (C=O) groups excluding carboxylic acids is 1. The first-order valence-electron chi connectivity index (χ1n) is 6.41. The lowest BCUT2D eigenvalue weighted by Gasteiger charge is -2.03. The smallest absolute Gasteiger partial charge is 0.275 e. The molecule has 0 unspecified atom stereocenters. The molecule has 5 nitrogen and oxygen atoms in total. The molecular formula is C15H11BrN4OS. The third-order valence-electron chi connectivity index (χ3n) is 2.74. The number of aromatic nitrogens is 2. The first-order chi connectivity index (χ1) is 10.7. The van der Waals surface area contributed by atoms with E-state index in [2.05, 4.69) is 36.5 Å². The number of benzene rings is 1. The van der Waals surface area contributed by atoms with E-state index in [9.17, 15) is 4.79 Å². The quantitative estimate of drug-likeness (QED) is 0.714. The van der Waals surface area contributed by atoms with E-state index < -0.39 is 0 Å². The third kappa shape index (κ3) is 3.69. The summed E-state index contributed by atoms with van der Waals surface area (Å²) in [7, 11) is 0. The number of hydrogen-bond donors (Lipinski definition) is 2. The summed E-state index contributed by atoms with van der Waals surface area (Å²) in [4.78, 5) is 20.6. The normalized spacial score (nSPS) is 10.2. The average Bonchev–Trinajstić information content (AvgIpc) is 2.99. The van der Waals surface area contributed by atoms with Crippen LogP contribution in [0.3, 0.4) is 0 Å². The molecule has 0 spiro atoms. The number of nitrogens with zero attached hydrogens (tertiary/aromatic N) is 2. The van der Waals surface area contributed by atoms with Crippen molar-refractivity contribution >= 4 is 49.8 Å². The van der Waals surface area contributed by atoms with Crippen LogP contribution in [0.4, 0.5) is 16.6 Å². The van der Waals surface area contributed by atoms with Gasteiger partial charge in [0, 0.05) is 21.7 Å². The first-order valence-corrected chi connectivity index (χ1v) is 8.08. The van der Waals surface area contributed by atoms with Gasteiger partial charge < -0.3 is 10.6 Å². The number of carbonyl (C=O) groups is 1. The predicted molar refractivity (Wildman–Crippen MR) is 91.7 cm³/mol. The molecule has 3 aromatic rings. The van der Waals surface area contributed by atoms with Crippen molar-refractivity contribution in [1.82, 2.24) is 9.97 Å². The minimum atomic E-state index is -0.243. The number of halogens is 1. The van der Waals surface area contributed by atoms with Gasteiger partial charge in [0.15, 0.2) is 5.13 Å². The Morgan fingerprint density at radius 1 is 1.14 bits per heavy atom. The first kappa shape index (κ1) is 14.7. The van der Waals surface area contributed by atoms with E-state index >= 15 is 0 Å². The molecule has 110 valence electrons. The Morgan fingerprint density at radius 3 is 2.68 bits per heavy atom. The van der Waals surface area contributed by atoms with Crippen LogP contribution in [0.1, 0.15) is 10.5 Å². The number of hydrogen-bond acceptors (Lipinski definition) is 5. The third-order valence-corrected chi connectivity index (χ3v) is 4.03. The van der Waals surface area contributed by atoms with Gasteiger partial charge in [0.1, 0.15) is 11.5 Å². The van der Waals surface area contributed by atoms with E-state index in [1.807, 2.05) is 42.5 Å². The van der Waals surface area contributed by atoms with Crippen LogP contribution >= 0.6 is 27.3 Å². The van der Waals surface area contributed by atoms with Gasteiger partial charge in [-0.15, -0.1) is 11.3 Å². The molecule has 0 saturated heterocycles. The molecule has 0 aliphatic rings. The van der Waals surface area contributed by atoms with Crippen LogP contribution in [0.15, 0.2) is 58.5 Å². The molecule has 1 aromatic carbocycles. The molecule has 0 fully saturated rings. The number of thiazole rings is 1. The fourth-order valence-corrected chi connectivity index (χ4v) is 2.67. The lowest BCUT2D eigenvalue weighted by Crippen LogP contribution is -2.12. The molecule has 1 amide bonds. The highest BCUT2D eigenvalue weighted by Gasteiger charge is 2.11. The molecule has 0 bridgehead atoms. The Morgan fingerprint density at radius 2 is 1.95 bits per heavy atom. The number of rotatable bonds is 4. The minimum absolute atomic E-state index is 0.243. The lowest BCUT2D eigenvalue weighted by atomic mass is 10.3. The average molecular weight is 375 g/mol. The van der Waals surface area contributed by atoms with Crippen LogP contribution in [0.5, 0.6) is 0 Å². The molecule has 0 aliphatic heterocycles. The molecule has 22 heavy (non-hydrogen) atoms. The summed E-state index contributed by atoms with van der Waals surface area (Å²) in [6.07, 6.45) is 1.69. The Labute approximate surface area is 139 Å². The zero-order valence-electron chi connectivity index (χ0n) is 11.3. The fourth-order valence-electron chi connectivity index (χ4n) is 1.71. The van der Waals surface area contributed by atoms with Gasteiger partial charge in [0.05, 0.1) is 0 Å². The standard InChI is InChI=1S/C15H11BrN4OS/c16-10-4-6-11(7-5-10)18-14(21)12-9-22-15(19-12)20-13-3-1-2-8-17-13/h1-9H,(H,18,21)(H,17,19,20). The highest BCUT2D eigenvalue weighted by atomic mass is 79.9. The van der Waals surface area contributed by atoms with E-state index in [-0.39, 0.29) is 5.91 Å². The van der Waals surface area contributed by atoms with Gasteiger partial charge in [-0.05, 0) is 36.4 Å². The molecule has 0 radical (unpaired) electrons. The van der Waals surface area contributed by atoms with Crippen LogP contribution in [-0.2, 0) is 0 Å². The maximum absolute atomic E-state index is 12.1. The second kappa shape index (κ2) is 6.67. The molecule has 2 N–H and O–H groups in total. The molecule has 0 saturated carbocycles. The summed E-state index contributed by atoms with van der Waals surface area (Å²) >= 11 is 4.71. The molecule has 7 heteroatoms. The van der Waals surface area contributed by atoms with Gasteiger partial charge in [0.25, 0.3) is 5.91 Å². The Bertz CT molecular complexity index is 774. The molecule has 3 rings (SSSR count). The summed E-state index contributed by atoms with van der Waals surface area (Å²) in [5.74, 6) is 0.448. The van der Waals surface area contributed by atoms with E-state index in [0.29, 0.717) is 16.6 Å². The van der Waals surface area contributed by atoms with Crippen LogP contribution in [0, 0.1) is 0 Å². The summed E-state index contributed by atoms with van der Waals surface area (Å²) in [5, 5.41) is 8.20. The van der Waals surface area contributed by atoms with Crippen molar-refractivity contribution in [2.45, 2.75) is 0 Å². The van der Waals surface area contributed by atoms with Crippen LogP contribution in [0.2, 0.25) is 0 Å². The van der Waals surface area contributed by atoms with E-state index in [1.165, 1.54) is 11.3 Å². The summed E-state index contributed by atoms with van der Waals surface area (Å²) < 4.78 is 0.959. The zero-order chi connectivity index (χ0) is 15.4. The SMILES string of the molecule is O=C(Nc1ccc(Br)cc1)c1csc(Nc2ccccn2)n1. The second-order valence-electron chi connectivity index (χ2n) is 4.34. The lowest BCUT2D eigenvalue weighted by molar-refractivity contribution is 0.102. The van der Waals surface area contributed by atoms with Gasteiger partial charge >= 0.3 is 0 Å². The Balaban J connectivity index is 1.67. The van der Waals surface area contributed by atoms with Crippen LogP contribution in [-0.4, -0.2) is 15.9 Å². The zero-order valence-corrected chi connectivity index (χ0v) is 13.7. The van der Waals surface area contributed by atoms with Crippen molar-refractivity contribution < 1.29 is 4.79 Å². The van der Waals surface area contributed by atoms with Crippen LogP contribution in [0.25, 0.3) is 0 Å². The predicted octanol–water partition coefficient (Wildman–Crippen LogP) is 4.30. The Hall–Kier alpha value is -2.25. The molecule has 0 aliphatic carbocycles. The molecule has 2 aromatic heterocycles. The Kier molecular flexibility index (Phi) is 4.45. The highest BCUT2D eigenvalue weighted by molar-refractivity contribution is 9.10. The summed E-state index contributed by atoms with van der Waals surface area (Å²) in [6.45, 7) is 0. The topological polar surface area (TPSA) is 66.9 Å². The minimum Gasteiger partial charge on any atom is -0.321 e. The summed E-state index contributed by atoms with van der Waals surface area (Å²) in [5.41, 5.74) is 1.09. The van der Waals surface area contributed by atoms with Gasteiger partial charge in [-0.3, -0.25) is 4.79 Å². The fraction of sp³-hybridized carbons (Fsp3) is 0. The van der Waals surface area contributed by atoms with Gasteiger partial charge in [-0.25, -0.2) is 9.97 Å². The largest absolute Gasteiger partial charge is 0.321 e. The van der Waals surface area contributed by atoms with Crippen molar-refractivity contribution in [2.24, 2.45) is 0 Å². The van der Waals surface area contributed by atoms with Crippen LogP contribution < -0.4 is 10.6 Å². The maximum atomic E-state index is 12.1. The molecular weight excluding hydrogens is 364 g/mol. The summed E-state index contributed by atoms with van der Waals surface area (Å²) in [6, 6.07) is 12.9. The number of anilines is 3. The van der Waals surface area contributed by atoms with Crippen molar-refractivity contribution in [3.05, 3.63) is 64.2 Å². The van der Waals surface area contributed by atoms with Gasteiger partial charge in [-0.1, -0.05) is 22.0 Å². The van der Waals surface area contributed by atoms with Gasteiger partial charge in [0.2, 0.25) is 0 Å². The van der Waals surface area contributed by atoms with Crippen molar-refractivity contribution in [3.63, 3.8) is 0 Å². The van der Waals surface area contributed by atoms with E-state index in [0.717, 1.165) is 10.2 Å². The maximum Gasteiger partial charge on any atom is 0.275 e. The molecule has 0 atom stereocenters.